The molecular weight excluding hydrogens is 334 g/mol. The van der Waals surface area contributed by atoms with Gasteiger partial charge in [-0.3, -0.25) is 9.59 Å². The smallest absolute Gasteiger partial charge is 0.313 e. The molecular formula is C19H29N3O4. The second-order valence-corrected chi connectivity index (χ2v) is 6.43. The fourth-order valence-electron chi connectivity index (χ4n) is 3.02. The number of anilines is 1. The minimum atomic E-state index is -0.641. The first-order valence-corrected chi connectivity index (χ1v) is 9.12. The van der Waals surface area contributed by atoms with E-state index in [4.69, 9.17) is 9.47 Å². The second-order valence-electron chi connectivity index (χ2n) is 6.43. The summed E-state index contributed by atoms with van der Waals surface area (Å²) in [6.45, 7) is 6.63. The fourth-order valence-corrected chi connectivity index (χ4v) is 3.02. The number of likely N-dealkylation sites (N-methyl/N-ethyl adjacent to an activating group) is 1. The van der Waals surface area contributed by atoms with E-state index in [9.17, 15) is 9.59 Å². The van der Waals surface area contributed by atoms with Gasteiger partial charge in [0.25, 0.3) is 0 Å². The van der Waals surface area contributed by atoms with Gasteiger partial charge in [0.2, 0.25) is 0 Å². The van der Waals surface area contributed by atoms with Crippen LogP contribution in [0.15, 0.2) is 18.2 Å². The average Bonchev–Trinajstić information content (AvgIpc) is 2.63. The van der Waals surface area contributed by atoms with Crippen molar-refractivity contribution in [3.63, 3.8) is 0 Å². The van der Waals surface area contributed by atoms with Crippen LogP contribution in [0.25, 0.3) is 0 Å². The quantitative estimate of drug-likeness (QED) is 0.783. The van der Waals surface area contributed by atoms with Gasteiger partial charge in [0.15, 0.2) is 11.5 Å². The third-order valence-corrected chi connectivity index (χ3v) is 4.55. The Morgan fingerprint density at radius 1 is 1.15 bits per heavy atom. The highest BCUT2D eigenvalue weighted by atomic mass is 16.5. The number of hydrogen-bond acceptors (Lipinski definition) is 5. The van der Waals surface area contributed by atoms with E-state index in [1.165, 1.54) is 0 Å². The highest BCUT2D eigenvalue weighted by Crippen LogP contribution is 2.30. The fraction of sp³-hybridized carbons (Fsp3) is 0.579. The van der Waals surface area contributed by atoms with Gasteiger partial charge in [-0.1, -0.05) is 0 Å². The van der Waals surface area contributed by atoms with Crippen molar-refractivity contribution in [2.75, 3.05) is 45.7 Å². The van der Waals surface area contributed by atoms with E-state index < -0.39 is 11.8 Å². The van der Waals surface area contributed by atoms with Crippen molar-refractivity contribution in [3.8, 4) is 11.5 Å². The molecule has 0 radical (unpaired) electrons. The number of carbonyl (C=O) groups is 2. The van der Waals surface area contributed by atoms with Crippen LogP contribution in [0.4, 0.5) is 5.69 Å². The summed E-state index contributed by atoms with van der Waals surface area (Å²) in [6, 6.07) is 5.21. The van der Waals surface area contributed by atoms with Crippen molar-refractivity contribution in [2.24, 2.45) is 0 Å². The summed E-state index contributed by atoms with van der Waals surface area (Å²) in [4.78, 5) is 28.6. The Morgan fingerprint density at radius 3 is 2.38 bits per heavy atom. The molecule has 1 aromatic carbocycles. The zero-order valence-electron chi connectivity index (χ0n) is 16.1. The molecule has 1 aromatic rings. The van der Waals surface area contributed by atoms with Gasteiger partial charge in [0.1, 0.15) is 0 Å². The first-order valence-electron chi connectivity index (χ1n) is 9.12. The van der Waals surface area contributed by atoms with E-state index in [1.807, 2.05) is 13.8 Å². The molecule has 1 N–H and O–H groups in total. The largest absolute Gasteiger partial charge is 0.490 e. The summed E-state index contributed by atoms with van der Waals surface area (Å²) >= 11 is 0. The summed E-state index contributed by atoms with van der Waals surface area (Å²) in [6.07, 6.45) is 1.76. The molecule has 144 valence electrons. The summed E-state index contributed by atoms with van der Waals surface area (Å²) in [5.41, 5.74) is 0.507. The molecule has 1 fully saturated rings. The number of amides is 2. The van der Waals surface area contributed by atoms with Crippen LogP contribution in [0.5, 0.6) is 11.5 Å². The second kappa shape index (κ2) is 9.43. The Morgan fingerprint density at radius 2 is 1.77 bits per heavy atom. The molecule has 7 nitrogen and oxygen atoms in total. The van der Waals surface area contributed by atoms with E-state index in [1.54, 1.807) is 30.1 Å². The lowest BCUT2D eigenvalue weighted by atomic mass is 10.0. The number of hydrogen-bond donors (Lipinski definition) is 1. The molecule has 0 atom stereocenters. The monoisotopic (exact) mass is 363 g/mol. The molecule has 0 bridgehead atoms. The van der Waals surface area contributed by atoms with Gasteiger partial charge in [-0.05, 0) is 59.0 Å². The number of likely N-dealkylation sites (tertiary alicyclic amines) is 1. The van der Waals surface area contributed by atoms with Gasteiger partial charge in [0.05, 0.1) is 13.2 Å². The SMILES string of the molecule is CCOc1ccc(NC(=O)C(=O)N(C)C2CCN(C)CC2)cc1OCC. The van der Waals surface area contributed by atoms with Crippen molar-refractivity contribution in [1.29, 1.82) is 0 Å². The van der Waals surface area contributed by atoms with Gasteiger partial charge >= 0.3 is 11.8 Å². The number of nitrogens with one attached hydrogen (secondary N) is 1. The molecule has 1 saturated heterocycles. The van der Waals surface area contributed by atoms with E-state index in [0.29, 0.717) is 30.4 Å². The van der Waals surface area contributed by atoms with Crippen molar-refractivity contribution < 1.29 is 19.1 Å². The molecule has 26 heavy (non-hydrogen) atoms. The van der Waals surface area contributed by atoms with Crippen LogP contribution in [0, 0.1) is 0 Å². The van der Waals surface area contributed by atoms with E-state index >= 15 is 0 Å². The molecule has 1 aliphatic heterocycles. The van der Waals surface area contributed by atoms with Crippen LogP contribution >= 0.6 is 0 Å². The van der Waals surface area contributed by atoms with Gasteiger partial charge in [-0.25, -0.2) is 0 Å². The number of benzene rings is 1. The Kier molecular flexibility index (Phi) is 7.26. The molecule has 0 unspecified atom stereocenters. The maximum atomic E-state index is 12.5. The van der Waals surface area contributed by atoms with Gasteiger partial charge in [-0.15, -0.1) is 0 Å². The van der Waals surface area contributed by atoms with Crippen LogP contribution in [-0.4, -0.2) is 68.1 Å². The maximum absolute atomic E-state index is 12.5. The first kappa shape index (κ1) is 20.0. The number of ether oxygens (including phenoxy) is 2. The van der Waals surface area contributed by atoms with Crippen molar-refractivity contribution in [2.45, 2.75) is 32.7 Å². The third-order valence-electron chi connectivity index (χ3n) is 4.55. The Bertz CT molecular complexity index is 627. The molecule has 1 aliphatic rings. The number of rotatable bonds is 6. The van der Waals surface area contributed by atoms with Crippen molar-refractivity contribution in [1.82, 2.24) is 9.80 Å². The molecule has 0 aromatic heterocycles. The number of carbonyl (C=O) groups excluding carboxylic acids is 2. The standard InChI is InChI=1S/C19H29N3O4/c1-5-25-16-8-7-14(13-17(16)26-6-2)20-18(23)19(24)22(4)15-9-11-21(3)12-10-15/h7-8,13,15H,5-6,9-12H2,1-4H3,(H,20,23). The predicted molar refractivity (Wildman–Crippen MR) is 101 cm³/mol. The van der Waals surface area contributed by atoms with Crippen LogP contribution in [0.2, 0.25) is 0 Å². The zero-order chi connectivity index (χ0) is 19.1. The van der Waals surface area contributed by atoms with E-state index in [-0.39, 0.29) is 6.04 Å². The highest BCUT2D eigenvalue weighted by molar-refractivity contribution is 6.39. The van der Waals surface area contributed by atoms with Crippen molar-refractivity contribution in [3.05, 3.63) is 18.2 Å². The molecule has 2 rings (SSSR count). The van der Waals surface area contributed by atoms with E-state index in [2.05, 4.69) is 17.3 Å². The zero-order valence-corrected chi connectivity index (χ0v) is 16.1. The molecule has 0 saturated carbocycles. The van der Waals surface area contributed by atoms with E-state index in [0.717, 1.165) is 25.9 Å². The van der Waals surface area contributed by atoms with Crippen LogP contribution in [0.3, 0.4) is 0 Å². The lowest BCUT2D eigenvalue weighted by Gasteiger charge is -2.34. The summed E-state index contributed by atoms with van der Waals surface area (Å²) in [5, 5.41) is 2.66. The Labute approximate surface area is 155 Å². The van der Waals surface area contributed by atoms with Gasteiger partial charge < -0.3 is 24.6 Å². The number of nitrogens with zero attached hydrogens (tertiary/aromatic N) is 2. The van der Waals surface area contributed by atoms with Crippen LogP contribution in [0.1, 0.15) is 26.7 Å². The first-order chi connectivity index (χ1) is 12.5. The Hall–Kier alpha value is -2.28. The molecule has 0 spiro atoms. The average molecular weight is 363 g/mol. The van der Waals surface area contributed by atoms with Crippen LogP contribution in [-0.2, 0) is 9.59 Å². The third kappa shape index (κ3) is 5.11. The minimum absolute atomic E-state index is 0.101. The van der Waals surface area contributed by atoms with Gasteiger partial charge in [-0.2, -0.15) is 0 Å². The maximum Gasteiger partial charge on any atom is 0.313 e. The normalized spacial score (nSPS) is 15.4. The van der Waals surface area contributed by atoms with Crippen LogP contribution < -0.4 is 14.8 Å². The lowest BCUT2D eigenvalue weighted by molar-refractivity contribution is -0.144. The number of piperidine rings is 1. The highest BCUT2D eigenvalue weighted by Gasteiger charge is 2.28. The van der Waals surface area contributed by atoms with Gasteiger partial charge in [0, 0.05) is 24.8 Å². The minimum Gasteiger partial charge on any atom is -0.490 e. The summed E-state index contributed by atoms with van der Waals surface area (Å²) in [5.74, 6) is -0.00479. The topological polar surface area (TPSA) is 71.1 Å². The summed E-state index contributed by atoms with van der Waals surface area (Å²) < 4.78 is 11.1. The molecule has 7 heteroatoms. The predicted octanol–water partition coefficient (Wildman–Crippen LogP) is 1.98. The molecule has 2 amide bonds. The molecule has 0 aliphatic carbocycles. The van der Waals surface area contributed by atoms with Crippen molar-refractivity contribution >= 4 is 17.5 Å². The molecule has 1 heterocycles. The Balaban J connectivity index is 2.01. The summed E-state index contributed by atoms with van der Waals surface area (Å²) in [7, 11) is 3.76. The lowest BCUT2D eigenvalue weighted by Crippen LogP contribution is -2.47.